The molecule has 7 nitrogen and oxygen atoms in total. The summed E-state index contributed by atoms with van der Waals surface area (Å²) in [6.45, 7) is 7.07. The number of aromatic nitrogens is 2. The van der Waals surface area contributed by atoms with E-state index in [0.717, 1.165) is 49.4 Å². The first kappa shape index (κ1) is 17.9. The summed E-state index contributed by atoms with van der Waals surface area (Å²) in [4.78, 5) is 28.8. The molecule has 0 bridgehead atoms. The predicted octanol–water partition coefficient (Wildman–Crippen LogP) is 0.772. The molecule has 2 saturated heterocycles. The number of hydrogen-bond acceptors (Lipinski definition) is 4. The highest BCUT2D eigenvalue weighted by molar-refractivity contribution is 5.77. The van der Waals surface area contributed by atoms with Gasteiger partial charge in [0, 0.05) is 56.7 Å². The first-order valence-corrected chi connectivity index (χ1v) is 9.17. The van der Waals surface area contributed by atoms with Crippen molar-refractivity contribution in [3.05, 3.63) is 17.0 Å². The van der Waals surface area contributed by atoms with Gasteiger partial charge in [-0.15, -0.1) is 0 Å². The van der Waals surface area contributed by atoms with Gasteiger partial charge in [-0.25, -0.2) is 0 Å². The molecule has 2 N–H and O–H groups in total. The molecule has 138 valence electrons. The van der Waals surface area contributed by atoms with E-state index in [1.54, 1.807) is 0 Å². The SMILES string of the molecule is Cc1[nH]nc(CCC(=O)N2CCN(C)[C@]3(CCNC(=O)CC3)C2)c1C. The van der Waals surface area contributed by atoms with Gasteiger partial charge in [0.05, 0.1) is 5.69 Å². The minimum atomic E-state index is -0.0775. The fourth-order valence-electron chi connectivity index (χ4n) is 3.97. The van der Waals surface area contributed by atoms with Crippen LogP contribution >= 0.6 is 0 Å². The standard InChI is InChI=1S/C18H29N5O2/c1-13-14(2)20-21-15(13)4-5-17(25)23-11-10-22(3)18(12-23)7-6-16(24)19-9-8-18/h4-12H2,1-3H3,(H,19,24)(H,20,21)/t18-/m1/s1. The Morgan fingerprint density at radius 3 is 2.80 bits per heavy atom. The third-order valence-corrected chi connectivity index (χ3v) is 6.01. The highest BCUT2D eigenvalue weighted by atomic mass is 16.2. The van der Waals surface area contributed by atoms with Crippen LogP contribution in [0.5, 0.6) is 0 Å². The lowest BCUT2D eigenvalue weighted by Gasteiger charge is -2.49. The van der Waals surface area contributed by atoms with Crippen molar-refractivity contribution in [3.63, 3.8) is 0 Å². The molecule has 2 fully saturated rings. The number of carbonyl (C=O) groups excluding carboxylic acids is 2. The molecule has 0 aromatic carbocycles. The lowest BCUT2D eigenvalue weighted by molar-refractivity contribution is -0.136. The molecule has 1 aromatic heterocycles. The van der Waals surface area contributed by atoms with Gasteiger partial charge in [0.25, 0.3) is 0 Å². The second kappa shape index (κ2) is 7.15. The van der Waals surface area contributed by atoms with Gasteiger partial charge in [-0.2, -0.15) is 5.10 Å². The number of H-pyrrole nitrogens is 1. The molecule has 2 amide bonds. The van der Waals surface area contributed by atoms with Crippen LogP contribution in [-0.2, 0) is 16.0 Å². The summed E-state index contributed by atoms with van der Waals surface area (Å²) >= 11 is 0. The van der Waals surface area contributed by atoms with Gasteiger partial charge >= 0.3 is 0 Å². The summed E-state index contributed by atoms with van der Waals surface area (Å²) in [7, 11) is 2.12. The molecule has 1 spiro atoms. The number of likely N-dealkylation sites (N-methyl/N-ethyl adjacent to an activating group) is 1. The molecule has 0 aliphatic carbocycles. The van der Waals surface area contributed by atoms with Crippen LogP contribution in [-0.4, -0.2) is 70.6 Å². The lowest BCUT2D eigenvalue weighted by Crippen LogP contribution is -2.62. The fourth-order valence-corrected chi connectivity index (χ4v) is 3.97. The predicted molar refractivity (Wildman–Crippen MR) is 95.2 cm³/mol. The molecule has 2 aliphatic rings. The van der Waals surface area contributed by atoms with E-state index < -0.39 is 0 Å². The highest BCUT2D eigenvalue weighted by Gasteiger charge is 2.41. The summed E-state index contributed by atoms with van der Waals surface area (Å²) in [5.41, 5.74) is 3.12. The van der Waals surface area contributed by atoms with Crippen molar-refractivity contribution in [3.8, 4) is 0 Å². The maximum absolute atomic E-state index is 12.8. The summed E-state index contributed by atoms with van der Waals surface area (Å²) in [5, 5.41) is 10.2. The summed E-state index contributed by atoms with van der Waals surface area (Å²) in [6, 6.07) is 0. The van der Waals surface area contributed by atoms with E-state index in [4.69, 9.17) is 0 Å². The lowest BCUT2D eigenvalue weighted by atomic mass is 9.86. The Morgan fingerprint density at radius 1 is 1.28 bits per heavy atom. The van der Waals surface area contributed by atoms with Crippen LogP contribution in [0.1, 0.15) is 42.6 Å². The van der Waals surface area contributed by atoms with E-state index in [-0.39, 0.29) is 17.4 Å². The molecule has 3 rings (SSSR count). The van der Waals surface area contributed by atoms with Gasteiger partial charge in [0.2, 0.25) is 11.8 Å². The van der Waals surface area contributed by atoms with Gasteiger partial charge in [0.15, 0.2) is 0 Å². The first-order valence-electron chi connectivity index (χ1n) is 9.17. The molecule has 0 saturated carbocycles. The van der Waals surface area contributed by atoms with Crippen molar-refractivity contribution in [2.24, 2.45) is 0 Å². The number of carbonyl (C=O) groups is 2. The Kier molecular flexibility index (Phi) is 5.13. The van der Waals surface area contributed by atoms with E-state index in [2.05, 4.69) is 27.5 Å². The number of piperazine rings is 1. The molecule has 0 unspecified atom stereocenters. The number of aryl methyl sites for hydroxylation is 2. The number of rotatable bonds is 3. The van der Waals surface area contributed by atoms with Crippen LogP contribution in [0.4, 0.5) is 0 Å². The summed E-state index contributed by atoms with van der Waals surface area (Å²) in [5.74, 6) is 0.314. The molecule has 0 radical (unpaired) electrons. The van der Waals surface area contributed by atoms with Crippen molar-refractivity contribution in [1.82, 2.24) is 25.3 Å². The highest BCUT2D eigenvalue weighted by Crippen LogP contribution is 2.30. The quantitative estimate of drug-likeness (QED) is 0.846. The van der Waals surface area contributed by atoms with Crippen molar-refractivity contribution >= 4 is 11.8 Å². The molecule has 1 atom stereocenters. The molecule has 3 heterocycles. The van der Waals surface area contributed by atoms with E-state index in [1.807, 2.05) is 18.7 Å². The van der Waals surface area contributed by atoms with Crippen molar-refractivity contribution in [2.75, 3.05) is 33.2 Å². The zero-order chi connectivity index (χ0) is 18.0. The van der Waals surface area contributed by atoms with Crippen LogP contribution in [0.25, 0.3) is 0 Å². The Bertz CT molecular complexity index is 656. The number of amides is 2. The van der Waals surface area contributed by atoms with Crippen LogP contribution in [0.3, 0.4) is 0 Å². The fraction of sp³-hybridized carbons (Fsp3) is 0.722. The smallest absolute Gasteiger partial charge is 0.223 e. The van der Waals surface area contributed by atoms with Crippen LogP contribution < -0.4 is 5.32 Å². The van der Waals surface area contributed by atoms with E-state index in [9.17, 15) is 9.59 Å². The Morgan fingerprint density at radius 2 is 2.08 bits per heavy atom. The zero-order valence-corrected chi connectivity index (χ0v) is 15.5. The van der Waals surface area contributed by atoms with Crippen molar-refractivity contribution in [1.29, 1.82) is 0 Å². The number of hydrogen-bond donors (Lipinski definition) is 2. The summed E-state index contributed by atoms with van der Waals surface area (Å²) < 4.78 is 0. The average Bonchev–Trinajstić information content (AvgIpc) is 2.79. The monoisotopic (exact) mass is 347 g/mol. The first-order chi connectivity index (χ1) is 11.9. The van der Waals surface area contributed by atoms with Crippen LogP contribution in [0.2, 0.25) is 0 Å². The second-order valence-corrected chi connectivity index (χ2v) is 7.48. The minimum Gasteiger partial charge on any atom is -0.356 e. The van der Waals surface area contributed by atoms with Crippen molar-refractivity contribution in [2.45, 2.75) is 51.5 Å². The minimum absolute atomic E-state index is 0.0775. The maximum atomic E-state index is 12.8. The topological polar surface area (TPSA) is 81.3 Å². The van der Waals surface area contributed by atoms with Crippen molar-refractivity contribution < 1.29 is 9.59 Å². The van der Waals surface area contributed by atoms with Crippen LogP contribution in [0, 0.1) is 13.8 Å². The normalized spacial score (nSPS) is 25.1. The van der Waals surface area contributed by atoms with Crippen LogP contribution in [0.15, 0.2) is 0 Å². The molecule has 7 heteroatoms. The Hall–Kier alpha value is -1.89. The molecule has 25 heavy (non-hydrogen) atoms. The zero-order valence-electron chi connectivity index (χ0n) is 15.5. The van der Waals surface area contributed by atoms with Gasteiger partial charge < -0.3 is 10.2 Å². The third kappa shape index (κ3) is 3.71. The molecular weight excluding hydrogens is 318 g/mol. The Balaban J connectivity index is 1.63. The van der Waals surface area contributed by atoms with Gasteiger partial charge in [-0.05, 0) is 39.3 Å². The van der Waals surface area contributed by atoms with E-state index >= 15 is 0 Å². The van der Waals surface area contributed by atoms with Gasteiger partial charge in [-0.1, -0.05) is 0 Å². The second-order valence-electron chi connectivity index (χ2n) is 7.48. The summed E-state index contributed by atoms with van der Waals surface area (Å²) in [6.07, 6.45) is 3.42. The van der Waals surface area contributed by atoms with Gasteiger partial charge in [-0.3, -0.25) is 19.6 Å². The van der Waals surface area contributed by atoms with E-state index in [1.165, 1.54) is 0 Å². The molecule has 2 aliphatic heterocycles. The molecular formula is C18H29N5O2. The number of nitrogens with zero attached hydrogens (tertiary/aromatic N) is 3. The number of nitrogens with one attached hydrogen (secondary N) is 2. The third-order valence-electron chi connectivity index (χ3n) is 6.01. The van der Waals surface area contributed by atoms with Gasteiger partial charge in [0.1, 0.15) is 0 Å². The Labute approximate surface area is 149 Å². The number of aromatic amines is 1. The maximum Gasteiger partial charge on any atom is 0.223 e. The van der Waals surface area contributed by atoms with E-state index in [0.29, 0.717) is 25.8 Å². The largest absolute Gasteiger partial charge is 0.356 e. The average molecular weight is 347 g/mol. The molecule has 1 aromatic rings.